The Balaban J connectivity index is 1.43. The number of rotatable bonds is 4. The SMILES string of the molecule is CCS(=O)(=O)c1ccccc1C(=O)N1CCN(C2Nc3ccc(F)cc3S2)CC1. The third-order valence-corrected chi connectivity index (χ3v) is 8.24. The Labute approximate surface area is 174 Å². The minimum absolute atomic E-state index is 0.00296. The average molecular weight is 436 g/mol. The molecule has 2 heterocycles. The van der Waals surface area contributed by atoms with Crippen LogP contribution in [0.15, 0.2) is 52.3 Å². The maximum Gasteiger partial charge on any atom is 0.255 e. The van der Waals surface area contributed by atoms with E-state index in [1.807, 2.05) is 0 Å². The molecule has 2 aromatic rings. The molecule has 1 N–H and O–H groups in total. The van der Waals surface area contributed by atoms with Gasteiger partial charge in [0.1, 0.15) is 11.3 Å². The molecule has 0 radical (unpaired) electrons. The molecule has 1 atom stereocenters. The standard InChI is InChI=1S/C20H22FN3O3S2/c1-2-29(26,27)18-6-4-3-5-15(18)19(25)23-9-11-24(12-10-23)20-22-16-8-7-14(21)13-17(16)28-20/h3-8,13,20,22H,2,9-12H2,1H3. The highest BCUT2D eigenvalue weighted by Crippen LogP contribution is 2.40. The summed E-state index contributed by atoms with van der Waals surface area (Å²) in [6.45, 7) is 3.88. The summed E-state index contributed by atoms with van der Waals surface area (Å²) in [5, 5.41) is 3.38. The average Bonchev–Trinajstić information content (AvgIpc) is 3.16. The van der Waals surface area contributed by atoms with Gasteiger partial charge in [-0.15, -0.1) is 0 Å². The maximum atomic E-state index is 13.4. The van der Waals surface area contributed by atoms with Crippen molar-refractivity contribution < 1.29 is 17.6 Å². The first-order valence-electron chi connectivity index (χ1n) is 9.47. The Morgan fingerprint density at radius 2 is 1.90 bits per heavy atom. The van der Waals surface area contributed by atoms with Gasteiger partial charge in [-0.25, -0.2) is 12.8 Å². The molecule has 1 fully saturated rings. The number of nitrogens with zero attached hydrogens (tertiary/aromatic N) is 2. The number of piperazine rings is 1. The number of sulfone groups is 1. The first-order valence-corrected chi connectivity index (χ1v) is 12.0. The number of anilines is 1. The van der Waals surface area contributed by atoms with Crippen molar-refractivity contribution in [1.82, 2.24) is 9.80 Å². The van der Waals surface area contributed by atoms with Gasteiger partial charge in [-0.3, -0.25) is 9.69 Å². The minimum Gasteiger partial charge on any atom is -0.360 e. The Hall–Kier alpha value is -2.10. The fourth-order valence-corrected chi connectivity index (χ4v) is 5.87. The van der Waals surface area contributed by atoms with Gasteiger partial charge in [-0.2, -0.15) is 0 Å². The smallest absolute Gasteiger partial charge is 0.255 e. The van der Waals surface area contributed by atoms with E-state index >= 15 is 0 Å². The molecular formula is C20H22FN3O3S2. The van der Waals surface area contributed by atoms with Crippen LogP contribution in [0.25, 0.3) is 0 Å². The van der Waals surface area contributed by atoms with Gasteiger partial charge in [0.05, 0.1) is 16.2 Å². The molecule has 154 valence electrons. The number of fused-ring (bicyclic) bond motifs is 1. The molecule has 2 aliphatic rings. The number of benzene rings is 2. The van der Waals surface area contributed by atoms with Gasteiger partial charge in [0.15, 0.2) is 9.84 Å². The Bertz CT molecular complexity index is 1040. The lowest BCUT2D eigenvalue weighted by molar-refractivity contribution is 0.0630. The molecule has 2 aromatic carbocycles. The molecule has 0 aliphatic carbocycles. The summed E-state index contributed by atoms with van der Waals surface area (Å²) in [6, 6.07) is 11.1. The highest BCUT2D eigenvalue weighted by Gasteiger charge is 2.32. The second kappa shape index (κ2) is 7.97. The van der Waals surface area contributed by atoms with Crippen molar-refractivity contribution in [2.45, 2.75) is 22.2 Å². The molecule has 1 saturated heterocycles. The van der Waals surface area contributed by atoms with Crippen molar-refractivity contribution in [3.63, 3.8) is 0 Å². The quantitative estimate of drug-likeness (QED) is 0.797. The molecule has 4 rings (SSSR count). The van der Waals surface area contributed by atoms with Gasteiger partial charge in [0.25, 0.3) is 5.91 Å². The predicted octanol–water partition coefficient (Wildman–Crippen LogP) is 2.88. The van der Waals surface area contributed by atoms with Gasteiger partial charge in [0.2, 0.25) is 0 Å². The summed E-state index contributed by atoms with van der Waals surface area (Å²) >= 11 is 1.56. The fourth-order valence-electron chi connectivity index (χ4n) is 3.56. The minimum atomic E-state index is -3.47. The van der Waals surface area contributed by atoms with Crippen molar-refractivity contribution in [2.24, 2.45) is 0 Å². The molecule has 9 heteroatoms. The summed E-state index contributed by atoms with van der Waals surface area (Å²) < 4.78 is 38.1. The van der Waals surface area contributed by atoms with Crippen LogP contribution in [0.3, 0.4) is 0 Å². The van der Waals surface area contributed by atoms with E-state index in [-0.39, 0.29) is 33.4 Å². The number of thioether (sulfide) groups is 1. The van der Waals surface area contributed by atoms with Crippen LogP contribution in [0.1, 0.15) is 17.3 Å². The maximum absolute atomic E-state index is 13.4. The second-order valence-corrected chi connectivity index (χ2v) is 10.4. The number of nitrogens with one attached hydrogen (secondary N) is 1. The monoisotopic (exact) mass is 435 g/mol. The Morgan fingerprint density at radius 1 is 1.17 bits per heavy atom. The number of hydrogen-bond donors (Lipinski definition) is 1. The highest BCUT2D eigenvalue weighted by atomic mass is 32.2. The van der Waals surface area contributed by atoms with Gasteiger partial charge < -0.3 is 10.2 Å². The Morgan fingerprint density at radius 3 is 2.62 bits per heavy atom. The first-order chi connectivity index (χ1) is 13.9. The largest absolute Gasteiger partial charge is 0.360 e. The van der Waals surface area contributed by atoms with Crippen molar-refractivity contribution in [3.05, 3.63) is 53.8 Å². The summed E-state index contributed by atoms with van der Waals surface area (Å²) in [5.74, 6) is -0.555. The zero-order chi connectivity index (χ0) is 20.6. The van der Waals surface area contributed by atoms with Crippen LogP contribution in [0, 0.1) is 5.82 Å². The van der Waals surface area contributed by atoms with E-state index in [0.717, 1.165) is 10.6 Å². The van der Waals surface area contributed by atoms with Crippen molar-refractivity contribution >= 4 is 33.2 Å². The van der Waals surface area contributed by atoms with Crippen molar-refractivity contribution in [2.75, 3.05) is 37.2 Å². The lowest BCUT2D eigenvalue weighted by Crippen LogP contribution is -2.52. The van der Waals surface area contributed by atoms with E-state index in [1.54, 1.807) is 47.9 Å². The molecule has 1 unspecified atom stereocenters. The predicted molar refractivity (Wildman–Crippen MR) is 111 cm³/mol. The zero-order valence-electron chi connectivity index (χ0n) is 16.0. The van der Waals surface area contributed by atoms with E-state index in [0.29, 0.717) is 26.2 Å². The van der Waals surface area contributed by atoms with E-state index in [1.165, 1.54) is 18.2 Å². The van der Waals surface area contributed by atoms with Crippen LogP contribution >= 0.6 is 11.8 Å². The molecule has 0 bridgehead atoms. The molecule has 1 amide bonds. The van der Waals surface area contributed by atoms with Gasteiger partial charge >= 0.3 is 0 Å². The molecule has 29 heavy (non-hydrogen) atoms. The number of halogens is 1. The molecule has 0 spiro atoms. The van der Waals surface area contributed by atoms with E-state index in [2.05, 4.69) is 10.2 Å². The lowest BCUT2D eigenvalue weighted by Gasteiger charge is -2.37. The molecule has 0 aromatic heterocycles. The van der Waals surface area contributed by atoms with Crippen LogP contribution in [-0.4, -0.2) is 61.6 Å². The molecule has 6 nitrogen and oxygen atoms in total. The zero-order valence-corrected chi connectivity index (χ0v) is 17.6. The fraction of sp³-hybridized carbons (Fsp3) is 0.350. The summed E-state index contributed by atoms with van der Waals surface area (Å²) in [6.07, 6.45) is 0. The van der Waals surface area contributed by atoms with Crippen molar-refractivity contribution in [3.8, 4) is 0 Å². The van der Waals surface area contributed by atoms with Crippen LogP contribution in [0.4, 0.5) is 10.1 Å². The summed E-state index contributed by atoms with van der Waals surface area (Å²) in [7, 11) is -3.47. The summed E-state index contributed by atoms with van der Waals surface area (Å²) in [4.78, 5) is 17.9. The third kappa shape index (κ3) is 3.99. The van der Waals surface area contributed by atoms with Crippen LogP contribution in [-0.2, 0) is 9.84 Å². The number of carbonyl (C=O) groups excluding carboxylic acids is 1. The van der Waals surface area contributed by atoms with Crippen LogP contribution < -0.4 is 5.32 Å². The third-order valence-electron chi connectivity index (χ3n) is 5.23. The van der Waals surface area contributed by atoms with E-state index in [4.69, 9.17) is 0 Å². The van der Waals surface area contributed by atoms with Gasteiger partial charge in [0, 0.05) is 36.8 Å². The van der Waals surface area contributed by atoms with Crippen LogP contribution in [0.5, 0.6) is 0 Å². The molecule has 0 saturated carbocycles. The molecular weight excluding hydrogens is 413 g/mol. The number of carbonyl (C=O) groups is 1. The number of hydrogen-bond acceptors (Lipinski definition) is 6. The van der Waals surface area contributed by atoms with E-state index in [9.17, 15) is 17.6 Å². The number of amides is 1. The van der Waals surface area contributed by atoms with Gasteiger partial charge in [-0.05, 0) is 30.3 Å². The van der Waals surface area contributed by atoms with Crippen LogP contribution in [0.2, 0.25) is 0 Å². The highest BCUT2D eigenvalue weighted by molar-refractivity contribution is 8.00. The van der Waals surface area contributed by atoms with Crippen molar-refractivity contribution in [1.29, 1.82) is 0 Å². The second-order valence-electron chi connectivity index (χ2n) is 6.98. The summed E-state index contributed by atoms with van der Waals surface area (Å²) in [5.41, 5.74) is 1.15. The Kier molecular flexibility index (Phi) is 5.54. The normalized spacial score (nSPS) is 19.7. The van der Waals surface area contributed by atoms with E-state index < -0.39 is 9.84 Å². The first kappa shape index (κ1) is 20.2. The lowest BCUT2D eigenvalue weighted by atomic mass is 10.2. The topological polar surface area (TPSA) is 69.7 Å². The van der Waals surface area contributed by atoms with Gasteiger partial charge in [-0.1, -0.05) is 30.8 Å². The molecule has 2 aliphatic heterocycles.